The van der Waals surface area contributed by atoms with Gasteiger partial charge >= 0.3 is 5.97 Å². The van der Waals surface area contributed by atoms with Crippen LogP contribution in [0.15, 0.2) is 59.2 Å². The van der Waals surface area contributed by atoms with Crippen LogP contribution in [0.3, 0.4) is 0 Å². The molecule has 0 aliphatic carbocycles. The first-order chi connectivity index (χ1) is 16.5. The summed E-state index contributed by atoms with van der Waals surface area (Å²) < 4.78 is 21.7. The van der Waals surface area contributed by atoms with Crippen LogP contribution in [0.5, 0.6) is 11.5 Å². The number of anilines is 2. The van der Waals surface area contributed by atoms with Crippen LogP contribution in [-0.2, 0) is 9.53 Å². The summed E-state index contributed by atoms with van der Waals surface area (Å²) >= 11 is 1.30. The molecule has 11 heteroatoms. The smallest absolute Gasteiger partial charge is 0.340 e. The number of methoxy groups -OCH3 is 2. The Morgan fingerprint density at radius 1 is 1.00 bits per heavy atom. The second-order valence-electron chi connectivity index (χ2n) is 6.80. The van der Waals surface area contributed by atoms with Gasteiger partial charge in [0.15, 0.2) is 29.0 Å². The molecule has 34 heavy (non-hydrogen) atoms. The Hall–Kier alpha value is -4.38. The molecule has 2 heterocycles. The monoisotopic (exact) mass is 481 g/mol. The van der Waals surface area contributed by atoms with Crippen molar-refractivity contribution >= 4 is 50.2 Å². The number of nitrogens with one attached hydrogen (secondary N) is 2. The summed E-state index contributed by atoms with van der Waals surface area (Å²) in [5.41, 5.74) is 0.808. The second kappa shape index (κ2) is 10.0. The van der Waals surface area contributed by atoms with E-state index in [4.69, 9.17) is 18.6 Å². The Morgan fingerprint density at radius 3 is 2.47 bits per heavy atom. The Morgan fingerprint density at radius 2 is 1.76 bits per heavy atom. The van der Waals surface area contributed by atoms with Crippen molar-refractivity contribution < 1.29 is 33.0 Å². The Kier molecular flexibility index (Phi) is 6.74. The average molecular weight is 481 g/mol. The summed E-state index contributed by atoms with van der Waals surface area (Å²) in [5, 5.41) is 5.58. The summed E-state index contributed by atoms with van der Waals surface area (Å²) in [5.74, 6) is -1.43. The number of para-hydroxylation sites is 1. The third-order valence-electron chi connectivity index (χ3n) is 4.61. The SMILES string of the molecule is COc1cc(NC(=O)c2ccco2)c(C(=O)OCC(=O)Nc2nc3ccccc3s2)cc1OC. The van der Waals surface area contributed by atoms with Crippen LogP contribution in [0, 0.1) is 0 Å². The van der Waals surface area contributed by atoms with Crippen LogP contribution in [0.2, 0.25) is 0 Å². The number of carbonyl (C=O) groups is 3. The quantitative estimate of drug-likeness (QED) is 0.362. The van der Waals surface area contributed by atoms with Crippen molar-refractivity contribution in [1.29, 1.82) is 0 Å². The minimum atomic E-state index is -0.852. The molecule has 2 aromatic heterocycles. The standard InChI is InChI=1S/C23H19N3O7S/c1-30-17-10-13(15(11-18(17)31-2)24-21(28)16-7-5-9-32-16)22(29)33-12-20(27)26-23-25-14-6-3-4-8-19(14)34-23/h3-11H,12H2,1-2H3,(H,24,28)(H,25,26,27). The maximum atomic E-state index is 12.8. The van der Waals surface area contributed by atoms with Gasteiger partial charge in [0.1, 0.15) is 0 Å². The van der Waals surface area contributed by atoms with Gasteiger partial charge in [0, 0.05) is 12.1 Å². The average Bonchev–Trinajstić information content (AvgIpc) is 3.52. The third kappa shape index (κ3) is 4.99. The number of furan rings is 1. The first-order valence-corrected chi connectivity index (χ1v) is 10.7. The molecule has 4 aromatic rings. The molecule has 0 radical (unpaired) electrons. The van der Waals surface area contributed by atoms with E-state index < -0.39 is 24.4 Å². The van der Waals surface area contributed by atoms with Crippen LogP contribution in [0.25, 0.3) is 10.2 Å². The van der Waals surface area contributed by atoms with E-state index in [-0.39, 0.29) is 28.5 Å². The van der Waals surface area contributed by atoms with E-state index in [1.54, 1.807) is 6.07 Å². The van der Waals surface area contributed by atoms with E-state index in [0.29, 0.717) is 5.13 Å². The molecule has 0 saturated heterocycles. The number of benzene rings is 2. The molecule has 0 atom stereocenters. The number of fused-ring (bicyclic) bond motifs is 1. The minimum Gasteiger partial charge on any atom is -0.493 e. The van der Waals surface area contributed by atoms with Gasteiger partial charge < -0.3 is 23.9 Å². The maximum absolute atomic E-state index is 12.8. The molecule has 0 aliphatic heterocycles. The number of ether oxygens (including phenoxy) is 3. The number of rotatable bonds is 8. The van der Waals surface area contributed by atoms with Crippen molar-refractivity contribution in [2.75, 3.05) is 31.5 Å². The summed E-state index contributed by atoms with van der Waals surface area (Å²) in [6, 6.07) is 13.2. The lowest BCUT2D eigenvalue weighted by Gasteiger charge is -2.15. The predicted octanol–water partition coefficient (Wildman–Crippen LogP) is 3.95. The van der Waals surface area contributed by atoms with E-state index in [1.807, 2.05) is 24.3 Å². The van der Waals surface area contributed by atoms with Crippen LogP contribution >= 0.6 is 11.3 Å². The first-order valence-electron chi connectivity index (χ1n) is 9.92. The highest BCUT2D eigenvalue weighted by atomic mass is 32.1. The zero-order valence-electron chi connectivity index (χ0n) is 18.1. The minimum absolute atomic E-state index is 0.0367. The lowest BCUT2D eigenvalue weighted by atomic mass is 10.1. The van der Waals surface area contributed by atoms with Gasteiger partial charge in [0.25, 0.3) is 11.8 Å². The fourth-order valence-corrected chi connectivity index (χ4v) is 3.91. The molecular weight excluding hydrogens is 462 g/mol. The van der Waals surface area contributed by atoms with Gasteiger partial charge in [-0.25, -0.2) is 9.78 Å². The highest BCUT2D eigenvalue weighted by Crippen LogP contribution is 2.34. The molecule has 0 bridgehead atoms. The lowest BCUT2D eigenvalue weighted by Crippen LogP contribution is -2.22. The van der Waals surface area contributed by atoms with Gasteiger partial charge in [-0.05, 0) is 24.3 Å². The summed E-state index contributed by atoms with van der Waals surface area (Å²) in [6.45, 7) is -0.561. The Bertz CT molecular complexity index is 1320. The molecule has 0 saturated carbocycles. The number of carbonyl (C=O) groups excluding carboxylic acids is 3. The van der Waals surface area contributed by atoms with Crippen molar-refractivity contribution in [3.05, 3.63) is 66.1 Å². The van der Waals surface area contributed by atoms with E-state index in [2.05, 4.69) is 15.6 Å². The summed E-state index contributed by atoms with van der Waals surface area (Å²) in [7, 11) is 2.82. The molecule has 0 spiro atoms. The molecule has 174 valence electrons. The van der Waals surface area contributed by atoms with E-state index in [0.717, 1.165) is 10.2 Å². The first kappa shape index (κ1) is 22.8. The molecule has 0 unspecified atom stereocenters. The fourth-order valence-electron chi connectivity index (χ4n) is 3.03. The molecule has 0 fully saturated rings. The maximum Gasteiger partial charge on any atom is 0.340 e. The molecule has 2 amide bonds. The second-order valence-corrected chi connectivity index (χ2v) is 7.83. The predicted molar refractivity (Wildman–Crippen MR) is 125 cm³/mol. The van der Waals surface area contributed by atoms with Crippen molar-refractivity contribution in [3.63, 3.8) is 0 Å². The topological polar surface area (TPSA) is 129 Å². The Balaban J connectivity index is 1.49. The lowest BCUT2D eigenvalue weighted by molar-refractivity contribution is -0.119. The molecular formula is C23H19N3O7S. The molecule has 10 nitrogen and oxygen atoms in total. The molecule has 4 rings (SSSR count). The van der Waals surface area contributed by atoms with Crippen molar-refractivity contribution in [1.82, 2.24) is 4.98 Å². The van der Waals surface area contributed by atoms with Gasteiger partial charge in [-0.1, -0.05) is 23.5 Å². The number of nitrogens with zero attached hydrogens (tertiary/aromatic N) is 1. The van der Waals surface area contributed by atoms with Crippen LogP contribution < -0.4 is 20.1 Å². The van der Waals surface area contributed by atoms with E-state index >= 15 is 0 Å². The number of esters is 1. The van der Waals surface area contributed by atoms with Gasteiger partial charge in [-0.15, -0.1) is 0 Å². The third-order valence-corrected chi connectivity index (χ3v) is 5.56. The Labute approximate surface area is 197 Å². The number of amides is 2. The highest BCUT2D eigenvalue weighted by Gasteiger charge is 2.22. The number of hydrogen-bond donors (Lipinski definition) is 2. The largest absolute Gasteiger partial charge is 0.493 e. The summed E-state index contributed by atoms with van der Waals surface area (Å²) in [6.07, 6.45) is 1.35. The van der Waals surface area contributed by atoms with Crippen molar-refractivity contribution in [2.45, 2.75) is 0 Å². The van der Waals surface area contributed by atoms with Gasteiger partial charge in [0.05, 0.1) is 42.0 Å². The van der Waals surface area contributed by atoms with Crippen molar-refractivity contribution in [3.8, 4) is 11.5 Å². The molecule has 2 N–H and O–H groups in total. The van der Waals surface area contributed by atoms with Crippen LogP contribution in [0.4, 0.5) is 10.8 Å². The zero-order chi connectivity index (χ0) is 24.1. The number of aromatic nitrogens is 1. The number of thiazole rings is 1. The van der Waals surface area contributed by atoms with Crippen LogP contribution in [0.1, 0.15) is 20.9 Å². The summed E-state index contributed by atoms with van der Waals surface area (Å²) in [4.78, 5) is 41.9. The van der Waals surface area contributed by atoms with E-state index in [9.17, 15) is 14.4 Å². The van der Waals surface area contributed by atoms with Gasteiger partial charge in [0.2, 0.25) is 0 Å². The molecule has 2 aromatic carbocycles. The number of hydrogen-bond acceptors (Lipinski definition) is 9. The fraction of sp³-hybridized carbons (Fsp3) is 0.130. The van der Waals surface area contributed by atoms with Gasteiger partial charge in [-0.2, -0.15) is 0 Å². The normalized spacial score (nSPS) is 10.5. The van der Waals surface area contributed by atoms with E-state index in [1.165, 1.54) is 50.0 Å². The molecule has 0 aliphatic rings. The zero-order valence-corrected chi connectivity index (χ0v) is 18.9. The van der Waals surface area contributed by atoms with Crippen molar-refractivity contribution in [2.24, 2.45) is 0 Å². The van der Waals surface area contributed by atoms with Gasteiger partial charge in [-0.3, -0.25) is 14.9 Å². The van der Waals surface area contributed by atoms with Crippen LogP contribution in [-0.4, -0.2) is 43.6 Å². The highest BCUT2D eigenvalue weighted by molar-refractivity contribution is 7.22.